The van der Waals surface area contributed by atoms with E-state index in [-0.39, 0.29) is 0 Å². The third-order valence-electron chi connectivity index (χ3n) is 5.42. The average Bonchev–Trinajstić information content (AvgIpc) is 2.77. The highest BCUT2D eigenvalue weighted by atomic mass is 28.4. The maximum Gasteiger partial charge on any atom is 0.334 e. The minimum Gasteiger partial charge on any atom is -0.395 e. The standard InChI is InChI=1S/C25H46N2O4Si2/c1-8-28-32(6,29-9-2)20-12-18-26-22-24-14-16-25(17-15-24)23(5)27-19-13-21-33(7,30-10-3)31-11-4/h14-17,22H,8-13,18-21H2,1-7H3/b26-22+,27-23+. The van der Waals surface area contributed by atoms with E-state index >= 15 is 0 Å². The largest absolute Gasteiger partial charge is 0.395 e. The lowest BCUT2D eigenvalue weighted by Gasteiger charge is -2.25. The molecule has 1 aromatic rings. The van der Waals surface area contributed by atoms with Gasteiger partial charge in [-0.3, -0.25) is 9.98 Å². The number of rotatable bonds is 18. The fourth-order valence-corrected chi connectivity index (χ4v) is 8.59. The molecule has 0 saturated carbocycles. The summed E-state index contributed by atoms with van der Waals surface area (Å²) in [6.45, 7) is 18.9. The van der Waals surface area contributed by atoms with Gasteiger partial charge in [0.05, 0.1) is 0 Å². The zero-order valence-electron chi connectivity index (χ0n) is 22.0. The van der Waals surface area contributed by atoms with Crippen LogP contribution in [0.1, 0.15) is 58.6 Å². The van der Waals surface area contributed by atoms with Crippen LogP contribution in [0.4, 0.5) is 0 Å². The van der Waals surface area contributed by atoms with Crippen LogP contribution in [0.15, 0.2) is 34.3 Å². The molecule has 0 amide bonds. The van der Waals surface area contributed by atoms with E-state index in [1.54, 1.807) is 0 Å². The molecule has 0 heterocycles. The van der Waals surface area contributed by atoms with Crippen LogP contribution in [0.5, 0.6) is 0 Å². The van der Waals surface area contributed by atoms with Gasteiger partial charge in [-0.05, 0) is 83.8 Å². The van der Waals surface area contributed by atoms with E-state index in [0.717, 1.165) is 54.9 Å². The lowest BCUT2D eigenvalue weighted by molar-refractivity contribution is 0.188. The number of benzene rings is 1. The van der Waals surface area contributed by atoms with E-state index in [1.165, 1.54) is 0 Å². The van der Waals surface area contributed by atoms with E-state index in [1.807, 2.05) is 33.9 Å². The van der Waals surface area contributed by atoms with Crippen LogP contribution >= 0.6 is 0 Å². The molecule has 1 rings (SSSR count). The highest BCUT2D eigenvalue weighted by Crippen LogP contribution is 2.17. The molecule has 0 N–H and O–H groups in total. The summed E-state index contributed by atoms with van der Waals surface area (Å²) in [5, 5.41) is 0. The molecule has 0 radical (unpaired) electrons. The second-order valence-corrected chi connectivity index (χ2v) is 15.0. The van der Waals surface area contributed by atoms with E-state index in [0.29, 0.717) is 26.4 Å². The topological polar surface area (TPSA) is 61.6 Å². The number of nitrogens with zero attached hydrogens (tertiary/aromatic N) is 2. The second kappa shape index (κ2) is 16.5. The summed E-state index contributed by atoms with van der Waals surface area (Å²) >= 11 is 0. The van der Waals surface area contributed by atoms with E-state index in [4.69, 9.17) is 22.7 Å². The first-order valence-electron chi connectivity index (χ1n) is 12.5. The van der Waals surface area contributed by atoms with Gasteiger partial charge in [-0.15, -0.1) is 0 Å². The summed E-state index contributed by atoms with van der Waals surface area (Å²) in [4.78, 5) is 9.35. The molecule has 0 bridgehead atoms. The van der Waals surface area contributed by atoms with Crippen molar-refractivity contribution in [1.82, 2.24) is 0 Å². The van der Waals surface area contributed by atoms with Crippen LogP contribution in [-0.2, 0) is 17.7 Å². The molecule has 0 fully saturated rings. The lowest BCUT2D eigenvalue weighted by Crippen LogP contribution is -2.38. The van der Waals surface area contributed by atoms with Gasteiger partial charge < -0.3 is 17.7 Å². The van der Waals surface area contributed by atoms with Crippen LogP contribution in [0.2, 0.25) is 25.2 Å². The molecular weight excluding hydrogens is 448 g/mol. The van der Waals surface area contributed by atoms with Crippen LogP contribution < -0.4 is 0 Å². The number of hydrogen-bond acceptors (Lipinski definition) is 6. The molecule has 0 aliphatic rings. The quantitative estimate of drug-likeness (QED) is 0.143. The molecule has 0 atom stereocenters. The maximum absolute atomic E-state index is 5.91. The predicted molar refractivity (Wildman–Crippen MR) is 145 cm³/mol. The van der Waals surface area contributed by atoms with Crippen molar-refractivity contribution in [2.24, 2.45) is 9.98 Å². The number of aliphatic imine (C=N–C) groups is 2. The molecule has 0 spiro atoms. The van der Waals surface area contributed by atoms with Crippen molar-refractivity contribution in [3.05, 3.63) is 35.4 Å². The minimum atomic E-state index is -2.04. The van der Waals surface area contributed by atoms with Crippen molar-refractivity contribution in [1.29, 1.82) is 0 Å². The third-order valence-corrected chi connectivity index (χ3v) is 11.5. The van der Waals surface area contributed by atoms with Crippen LogP contribution in [0.25, 0.3) is 0 Å². The van der Waals surface area contributed by atoms with Gasteiger partial charge in [0.1, 0.15) is 0 Å². The molecule has 33 heavy (non-hydrogen) atoms. The van der Waals surface area contributed by atoms with Crippen molar-refractivity contribution in [3.8, 4) is 0 Å². The van der Waals surface area contributed by atoms with Crippen LogP contribution in [-0.4, -0.2) is 68.6 Å². The third kappa shape index (κ3) is 12.2. The van der Waals surface area contributed by atoms with Gasteiger partial charge in [0.2, 0.25) is 0 Å². The molecule has 1 aromatic carbocycles. The van der Waals surface area contributed by atoms with Gasteiger partial charge in [0.25, 0.3) is 0 Å². The smallest absolute Gasteiger partial charge is 0.334 e. The monoisotopic (exact) mass is 494 g/mol. The zero-order chi connectivity index (χ0) is 24.6. The highest BCUT2D eigenvalue weighted by Gasteiger charge is 2.30. The van der Waals surface area contributed by atoms with Crippen LogP contribution in [0.3, 0.4) is 0 Å². The Bertz CT molecular complexity index is 699. The SMILES string of the molecule is CCO[Si](C)(CCC/N=C/c1ccc(/C(C)=N/CCC[Si](C)(OCC)OCC)cc1)OCC. The predicted octanol–water partition coefficient (Wildman–Crippen LogP) is 5.98. The van der Waals surface area contributed by atoms with Crippen molar-refractivity contribution in [2.75, 3.05) is 39.5 Å². The van der Waals surface area contributed by atoms with Crippen molar-refractivity contribution in [3.63, 3.8) is 0 Å². The maximum atomic E-state index is 5.91. The van der Waals surface area contributed by atoms with Crippen molar-refractivity contribution >= 4 is 29.0 Å². The summed E-state index contributed by atoms with van der Waals surface area (Å²) in [5.41, 5.74) is 3.32. The number of hydrogen-bond donors (Lipinski definition) is 0. The summed E-state index contributed by atoms with van der Waals surface area (Å²) in [7, 11) is -4.07. The Balaban J connectivity index is 2.48. The first-order valence-corrected chi connectivity index (χ1v) is 17.5. The molecule has 0 unspecified atom stereocenters. The van der Waals surface area contributed by atoms with Gasteiger partial charge in [-0.1, -0.05) is 24.3 Å². The molecule has 8 heteroatoms. The first-order chi connectivity index (χ1) is 15.8. The lowest BCUT2D eigenvalue weighted by atomic mass is 10.1. The Morgan fingerprint density at radius 2 is 1.21 bits per heavy atom. The fraction of sp³-hybridized carbons (Fsp3) is 0.680. The van der Waals surface area contributed by atoms with Gasteiger partial charge in [-0.25, -0.2) is 0 Å². The van der Waals surface area contributed by atoms with Gasteiger partial charge in [0.15, 0.2) is 0 Å². The molecule has 0 aliphatic heterocycles. The Morgan fingerprint density at radius 3 is 1.67 bits per heavy atom. The van der Waals surface area contributed by atoms with E-state index in [2.05, 4.69) is 49.3 Å². The molecule has 0 saturated heterocycles. The Labute approximate surface area is 204 Å². The summed E-state index contributed by atoms with van der Waals surface area (Å²) < 4.78 is 23.6. The molecule has 6 nitrogen and oxygen atoms in total. The molecule has 0 aliphatic carbocycles. The summed E-state index contributed by atoms with van der Waals surface area (Å²) in [5.74, 6) is 0. The van der Waals surface area contributed by atoms with Gasteiger partial charge >= 0.3 is 17.1 Å². The Morgan fingerprint density at radius 1 is 0.758 bits per heavy atom. The zero-order valence-corrected chi connectivity index (χ0v) is 24.0. The highest BCUT2D eigenvalue weighted by molar-refractivity contribution is 6.66. The van der Waals surface area contributed by atoms with Gasteiger partial charge in [-0.2, -0.15) is 0 Å². The minimum absolute atomic E-state index is 0.711. The average molecular weight is 495 g/mol. The Hall–Kier alpha value is -1.17. The van der Waals surface area contributed by atoms with Crippen molar-refractivity contribution < 1.29 is 17.7 Å². The summed E-state index contributed by atoms with van der Waals surface area (Å²) in [6, 6.07) is 10.4. The van der Waals surface area contributed by atoms with E-state index in [9.17, 15) is 0 Å². The van der Waals surface area contributed by atoms with Gasteiger partial charge in [0, 0.05) is 51.4 Å². The summed E-state index contributed by atoms with van der Waals surface area (Å²) in [6.07, 6.45) is 3.92. The Kier molecular flexibility index (Phi) is 14.9. The first kappa shape index (κ1) is 29.9. The second-order valence-electron chi connectivity index (χ2n) is 8.33. The van der Waals surface area contributed by atoms with Crippen molar-refractivity contribution in [2.45, 2.75) is 72.6 Å². The molecule has 188 valence electrons. The van der Waals surface area contributed by atoms with Crippen LogP contribution in [0, 0.1) is 0 Å². The normalized spacial score (nSPS) is 13.2. The molecule has 0 aromatic heterocycles. The fourth-order valence-electron chi connectivity index (χ4n) is 3.80. The van der Waals surface area contributed by atoms with E-state index < -0.39 is 17.1 Å². The molecular formula is C25H46N2O4Si2.